The number of aryl methyl sites for hydroxylation is 1. The van der Waals surface area contributed by atoms with E-state index in [-0.39, 0.29) is 29.3 Å². The molecular weight excluding hydrogens is 450 g/mol. The number of hydrogen-bond acceptors (Lipinski definition) is 4. The highest BCUT2D eigenvalue weighted by Gasteiger charge is 2.23. The molecule has 3 aromatic rings. The molecule has 2 N–H and O–H groups in total. The lowest BCUT2D eigenvalue weighted by Gasteiger charge is -2.21. The van der Waals surface area contributed by atoms with E-state index >= 15 is 0 Å². The quantitative estimate of drug-likeness (QED) is 0.506. The van der Waals surface area contributed by atoms with Gasteiger partial charge in [0.05, 0.1) is 4.90 Å². The standard InChI is InChI=1S/C26H29N3O4S/c1-18(2)29(4)34(32,33)24-14-12-21(13-15-24)25(30)27-17-20-6-5-7-23(16-20)28-26(31)22-10-8-19(3)9-11-22/h5-16,18H,17H2,1-4H3,(H,27,30)(H,28,31). The fraction of sp³-hybridized carbons (Fsp3) is 0.231. The number of carbonyl (C=O) groups is 2. The lowest BCUT2D eigenvalue weighted by Crippen LogP contribution is -2.33. The average molecular weight is 480 g/mol. The van der Waals surface area contributed by atoms with Crippen LogP contribution < -0.4 is 10.6 Å². The smallest absolute Gasteiger partial charge is 0.255 e. The predicted octanol–water partition coefficient (Wildman–Crippen LogP) is 4.21. The summed E-state index contributed by atoms with van der Waals surface area (Å²) in [6, 6.07) is 20.2. The van der Waals surface area contributed by atoms with Gasteiger partial charge < -0.3 is 10.6 Å². The highest BCUT2D eigenvalue weighted by atomic mass is 32.2. The minimum Gasteiger partial charge on any atom is -0.348 e. The van der Waals surface area contributed by atoms with E-state index in [2.05, 4.69) is 10.6 Å². The van der Waals surface area contributed by atoms with Gasteiger partial charge in [-0.2, -0.15) is 4.31 Å². The van der Waals surface area contributed by atoms with Crippen LogP contribution in [0.25, 0.3) is 0 Å². The topological polar surface area (TPSA) is 95.6 Å². The Hall–Kier alpha value is -3.49. The number of carbonyl (C=O) groups excluding carboxylic acids is 2. The Morgan fingerprint density at radius 2 is 1.47 bits per heavy atom. The van der Waals surface area contributed by atoms with Gasteiger partial charge in [0, 0.05) is 36.4 Å². The number of benzene rings is 3. The second-order valence-corrected chi connectivity index (χ2v) is 10.3. The van der Waals surface area contributed by atoms with Crippen LogP contribution in [0.2, 0.25) is 0 Å². The molecular formula is C26H29N3O4S. The van der Waals surface area contributed by atoms with Crippen molar-refractivity contribution in [3.05, 3.63) is 95.1 Å². The van der Waals surface area contributed by atoms with Crippen molar-refractivity contribution in [3.8, 4) is 0 Å². The number of nitrogens with zero attached hydrogens (tertiary/aromatic N) is 1. The normalized spacial score (nSPS) is 11.5. The van der Waals surface area contributed by atoms with Gasteiger partial charge in [-0.1, -0.05) is 29.8 Å². The van der Waals surface area contributed by atoms with E-state index in [0.717, 1.165) is 11.1 Å². The minimum atomic E-state index is -3.61. The SMILES string of the molecule is Cc1ccc(C(=O)Nc2cccc(CNC(=O)c3ccc(S(=O)(=O)N(C)C(C)C)cc3)c2)cc1. The number of sulfonamides is 1. The van der Waals surface area contributed by atoms with Crippen molar-refractivity contribution in [2.45, 2.75) is 38.3 Å². The molecule has 0 atom stereocenters. The van der Waals surface area contributed by atoms with Crippen LogP contribution in [0.1, 0.15) is 45.7 Å². The van der Waals surface area contributed by atoms with Gasteiger partial charge in [-0.3, -0.25) is 9.59 Å². The van der Waals surface area contributed by atoms with Crippen LogP contribution in [-0.2, 0) is 16.6 Å². The Labute approximate surface area is 200 Å². The van der Waals surface area contributed by atoms with E-state index in [9.17, 15) is 18.0 Å². The Bertz CT molecular complexity index is 1270. The molecule has 0 unspecified atom stereocenters. The second kappa shape index (κ2) is 10.6. The fourth-order valence-corrected chi connectivity index (χ4v) is 4.54. The molecule has 0 bridgehead atoms. The van der Waals surface area contributed by atoms with Crippen LogP contribution in [0.4, 0.5) is 5.69 Å². The maximum absolute atomic E-state index is 12.6. The van der Waals surface area contributed by atoms with Crippen LogP contribution in [0.3, 0.4) is 0 Å². The molecule has 0 aliphatic carbocycles. The Morgan fingerprint density at radius 1 is 0.882 bits per heavy atom. The maximum Gasteiger partial charge on any atom is 0.255 e. The number of amides is 2. The van der Waals surface area contributed by atoms with E-state index in [4.69, 9.17) is 0 Å². The molecule has 0 radical (unpaired) electrons. The first-order valence-corrected chi connectivity index (χ1v) is 12.3. The Morgan fingerprint density at radius 3 is 2.09 bits per heavy atom. The lowest BCUT2D eigenvalue weighted by molar-refractivity contribution is 0.0949. The Balaban J connectivity index is 1.62. The molecule has 8 heteroatoms. The molecule has 7 nitrogen and oxygen atoms in total. The van der Waals surface area contributed by atoms with Gasteiger partial charge in [-0.05, 0) is 74.9 Å². The van der Waals surface area contributed by atoms with Crippen molar-refractivity contribution < 1.29 is 18.0 Å². The molecule has 0 aromatic heterocycles. The molecule has 178 valence electrons. The molecule has 3 aromatic carbocycles. The van der Waals surface area contributed by atoms with Gasteiger partial charge in [0.2, 0.25) is 10.0 Å². The first kappa shape index (κ1) is 25.1. The third-order valence-electron chi connectivity index (χ3n) is 5.47. The zero-order chi connectivity index (χ0) is 24.9. The summed E-state index contributed by atoms with van der Waals surface area (Å²) in [5.41, 5.74) is 3.44. The van der Waals surface area contributed by atoms with Crippen LogP contribution in [-0.4, -0.2) is 37.6 Å². The molecule has 0 heterocycles. The monoisotopic (exact) mass is 479 g/mol. The average Bonchev–Trinajstić information content (AvgIpc) is 2.82. The van der Waals surface area contributed by atoms with Gasteiger partial charge in [0.15, 0.2) is 0 Å². The lowest BCUT2D eigenvalue weighted by atomic mass is 10.1. The van der Waals surface area contributed by atoms with Gasteiger partial charge in [0.1, 0.15) is 0 Å². The van der Waals surface area contributed by atoms with E-state index in [1.54, 1.807) is 44.2 Å². The Kier molecular flexibility index (Phi) is 7.86. The van der Waals surface area contributed by atoms with E-state index in [0.29, 0.717) is 16.8 Å². The largest absolute Gasteiger partial charge is 0.348 e. The van der Waals surface area contributed by atoms with Crippen LogP contribution in [0.15, 0.2) is 77.7 Å². The van der Waals surface area contributed by atoms with E-state index < -0.39 is 10.0 Å². The molecule has 0 saturated heterocycles. The van der Waals surface area contributed by atoms with Crippen LogP contribution in [0, 0.1) is 6.92 Å². The molecule has 0 fully saturated rings. The fourth-order valence-electron chi connectivity index (χ4n) is 3.17. The van der Waals surface area contributed by atoms with Crippen LogP contribution in [0.5, 0.6) is 0 Å². The molecule has 0 aliphatic rings. The molecule has 0 aliphatic heterocycles. The van der Waals surface area contributed by atoms with Crippen LogP contribution >= 0.6 is 0 Å². The van der Waals surface area contributed by atoms with Crippen molar-refractivity contribution in [1.29, 1.82) is 0 Å². The van der Waals surface area contributed by atoms with Crippen molar-refractivity contribution in [3.63, 3.8) is 0 Å². The molecule has 3 rings (SSSR count). The van der Waals surface area contributed by atoms with Crippen molar-refractivity contribution >= 4 is 27.5 Å². The summed E-state index contributed by atoms with van der Waals surface area (Å²) in [6.45, 7) is 5.80. The molecule has 34 heavy (non-hydrogen) atoms. The van der Waals surface area contributed by atoms with Gasteiger partial charge in [-0.25, -0.2) is 8.42 Å². The summed E-state index contributed by atoms with van der Waals surface area (Å²) in [5.74, 6) is -0.533. The highest BCUT2D eigenvalue weighted by Crippen LogP contribution is 2.18. The first-order valence-electron chi connectivity index (χ1n) is 10.9. The number of nitrogens with one attached hydrogen (secondary N) is 2. The summed E-state index contributed by atoms with van der Waals surface area (Å²) in [6.07, 6.45) is 0. The summed E-state index contributed by atoms with van der Waals surface area (Å²) in [7, 11) is -2.08. The number of anilines is 1. The van der Waals surface area contributed by atoms with E-state index in [1.807, 2.05) is 25.1 Å². The number of rotatable bonds is 8. The zero-order valence-corrected chi connectivity index (χ0v) is 20.5. The van der Waals surface area contributed by atoms with Crippen molar-refractivity contribution in [2.75, 3.05) is 12.4 Å². The minimum absolute atomic E-state index is 0.136. The summed E-state index contributed by atoms with van der Waals surface area (Å²) < 4.78 is 26.4. The highest BCUT2D eigenvalue weighted by molar-refractivity contribution is 7.89. The second-order valence-electron chi connectivity index (χ2n) is 8.34. The first-order chi connectivity index (χ1) is 16.1. The number of hydrogen-bond donors (Lipinski definition) is 2. The van der Waals surface area contributed by atoms with Gasteiger partial charge >= 0.3 is 0 Å². The molecule has 0 saturated carbocycles. The van der Waals surface area contributed by atoms with Crippen molar-refractivity contribution in [2.24, 2.45) is 0 Å². The summed E-state index contributed by atoms with van der Waals surface area (Å²) >= 11 is 0. The zero-order valence-electron chi connectivity index (χ0n) is 19.7. The summed E-state index contributed by atoms with van der Waals surface area (Å²) in [5, 5.41) is 5.68. The molecule has 2 amide bonds. The third kappa shape index (κ3) is 6.09. The van der Waals surface area contributed by atoms with Crippen molar-refractivity contribution in [1.82, 2.24) is 9.62 Å². The van der Waals surface area contributed by atoms with Gasteiger partial charge in [0.25, 0.3) is 11.8 Å². The molecule has 0 spiro atoms. The third-order valence-corrected chi connectivity index (χ3v) is 7.52. The maximum atomic E-state index is 12.6. The van der Waals surface area contributed by atoms with Gasteiger partial charge in [-0.15, -0.1) is 0 Å². The summed E-state index contributed by atoms with van der Waals surface area (Å²) in [4.78, 5) is 25.1. The predicted molar refractivity (Wildman–Crippen MR) is 133 cm³/mol. The van der Waals surface area contributed by atoms with E-state index in [1.165, 1.54) is 35.6 Å².